The number of piperazine rings is 1. The van der Waals surface area contributed by atoms with Gasteiger partial charge in [-0.05, 0) is 31.2 Å². The first kappa shape index (κ1) is 14.9. The molecule has 0 saturated carbocycles. The first-order valence-corrected chi connectivity index (χ1v) is 8.31. The maximum atomic E-state index is 5.45. The van der Waals surface area contributed by atoms with E-state index in [4.69, 9.17) is 4.74 Å². The molecular weight excluding hydrogens is 294 g/mol. The molecule has 1 aromatic heterocycles. The lowest BCUT2D eigenvalue weighted by Crippen LogP contribution is -2.44. The summed E-state index contributed by atoms with van der Waals surface area (Å²) in [6.45, 7) is 5.90. The van der Waals surface area contributed by atoms with E-state index in [0.717, 1.165) is 31.9 Å². The molecule has 0 N–H and O–H groups in total. The van der Waals surface area contributed by atoms with Crippen molar-refractivity contribution >= 4 is 23.2 Å². The van der Waals surface area contributed by atoms with E-state index in [-0.39, 0.29) is 0 Å². The van der Waals surface area contributed by atoms with Crippen LogP contribution in [0.15, 0.2) is 41.5 Å². The van der Waals surface area contributed by atoms with Crippen molar-refractivity contribution in [3.05, 3.63) is 46.2 Å². The monoisotopic (exact) mass is 315 g/mol. The number of benzene rings is 1. The summed E-state index contributed by atoms with van der Waals surface area (Å²) >= 11 is 1.78. The summed E-state index contributed by atoms with van der Waals surface area (Å²) in [7, 11) is 1.72. The minimum Gasteiger partial charge on any atom is -0.495 e. The van der Waals surface area contributed by atoms with Crippen LogP contribution in [-0.4, -0.2) is 44.5 Å². The van der Waals surface area contributed by atoms with Crippen LogP contribution in [0, 0.1) is 6.92 Å². The molecule has 116 valence electrons. The highest BCUT2D eigenvalue weighted by molar-refractivity contribution is 7.13. The van der Waals surface area contributed by atoms with E-state index in [9.17, 15) is 0 Å². The Morgan fingerprint density at radius 2 is 1.86 bits per heavy atom. The van der Waals surface area contributed by atoms with Gasteiger partial charge in [0.15, 0.2) is 0 Å². The predicted octanol–water partition coefficient (Wildman–Crippen LogP) is 3.22. The number of hydrogen-bond acceptors (Lipinski definition) is 5. The van der Waals surface area contributed by atoms with E-state index in [1.165, 1.54) is 15.4 Å². The molecule has 2 heterocycles. The van der Waals surface area contributed by atoms with Gasteiger partial charge >= 0.3 is 0 Å². The second kappa shape index (κ2) is 6.83. The fourth-order valence-electron chi connectivity index (χ4n) is 2.60. The Morgan fingerprint density at radius 3 is 2.55 bits per heavy atom. The molecule has 3 rings (SSSR count). The smallest absolute Gasteiger partial charge is 0.142 e. The Balaban J connectivity index is 1.59. The number of thiophene rings is 1. The van der Waals surface area contributed by atoms with Crippen molar-refractivity contribution in [2.75, 3.05) is 38.2 Å². The van der Waals surface area contributed by atoms with Crippen LogP contribution in [0.2, 0.25) is 0 Å². The molecule has 0 atom stereocenters. The van der Waals surface area contributed by atoms with E-state index in [1.54, 1.807) is 18.4 Å². The van der Waals surface area contributed by atoms with Crippen LogP contribution in [0.5, 0.6) is 5.75 Å². The predicted molar refractivity (Wildman–Crippen MR) is 93.4 cm³/mol. The molecule has 0 aliphatic carbocycles. The number of aryl methyl sites for hydroxylation is 1. The second-order valence-corrected chi connectivity index (χ2v) is 6.63. The Kier molecular flexibility index (Phi) is 4.63. The molecule has 22 heavy (non-hydrogen) atoms. The van der Waals surface area contributed by atoms with Crippen molar-refractivity contribution in [3.8, 4) is 5.75 Å². The van der Waals surface area contributed by atoms with Crippen molar-refractivity contribution in [2.45, 2.75) is 6.92 Å². The lowest BCUT2D eigenvalue weighted by atomic mass is 10.2. The highest BCUT2D eigenvalue weighted by atomic mass is 32.1. The van der Waals surface area contributed by atoms with Crippen LogP contribution in [0.25, 0.3) is 0 Å². The molecule has 0 amide bonds. The first-order chi connectivity index (χ1) is 10.8. The molecule has 1 aromatic carbocycles. The van der Waals surface area contributed by atoms with Gasteiger partial charge in [-0.3, -0.25) is 5.01 Å². The molecule has 0 spiro atoms. The molecule has 5 heteroatoms. The molecule has 2 aromatic rings. The van der Waals surface area contributed by atoms with E-state index < -0.39 is 0 Å². The molecule has 0 radical (unpaired) electrons. The summed E-state index contributed by atoms with van der Waals surface area (Å²) in [5.41, 5.74) is 1.17. The molecule has 1 saturated heterocycles. The topological polar surface area (TPSA) is 28.1 Å². The van der Waals surface area contributed by atoms with Crippen molar-refractivity contribution in [1.82, 2.24) is 5.01 Å². The van der Waals surface area contributed by atoms with Gasteiger partial charge in [0.1, 0.15) is 5.75 Å². The molecule has 4 nitrogen and oxygen atoms in total. The third-order valence-corrected chi connectivity index (χ3v) is 4.73. The number of hydrogen-bond donors (Lipinski definition) is 0. The summed E-state index contributed by atoms with van der Waals surface area (Å²) in [6, 6.07) is 12.4. The zero-order chi connectivity index (χ0) is 15.4. The molecule has 1 aliphatic heterocycles. The number of anilines is 1. The van der Waals surface area contributed by atoms with Crippen molar-refractivity contribution in [2.24, 2.45) is 5.10 Å². The van der Waals surface area contributed by atoms with Gasteiger partial charge in [-0.2, -0.15) is 5.10 Å². The summed E-state index contributed by atoms with van der Waals surface area (Å²) in [5.74, 6) is 0.938. The Hall–Kier alpha value is -2.01. The minimum absolute atomic E-state index is 0.929. The number of para-hydroxylation sites is 2. The highest BCUT2D eigenvalue weighted by Gasteiger charge is 2.18. The largest absolute Gasteiger partial charge is 0.495 e. The SMILES string of the molecule is COc1ccccc1N1CCN(/N=C/c2ccc(C)s2)CC1. The average molecular weight is 315 g/mol. The number of ether oxygens (including phenoxy) is 1. The van der Waals surface area contributed by atoms with E-state index in [2.05, 4.69) is 46.2 Å². The van der Waals surface area contributed by atoms with Crippen LogP contribution >= 0.6 is 11.3 Å². The molecule has 0 bridgehead atoms. The van der Waals surface area contributed by atoms with Crippen LogP contribution in [0.1, 0.15) is 9.75 Å². The fraction of sp³-hybridized carbons (Fsp3) is 0.353. The van der Waals surface area contributed by atoms with Crippen molar-refractivity contribution in [3.63, 3.8) is 0 Å². The van der Waals surface area contributed by atoms with E-state index >= 15 is 0 Å². The number of rotatable bonds is 4. The summed E-state index contributed by atoms with van der Waals surface area (Å²) in [6.07, 6.45) is 1.97. The molecule has 0 unspecified atom stereocenters. The van der Waals surface area contributed by atoms with Crippen molar-refractivity contribution in [1.29, 1.82) is 0 Å². The number of nitrogens with zero attached hydrogens (tertiary/aromatic N) is 3. The van der Waals surface area contributed by atoms with Crippen LogP contribution in [0.3, 0.4) is 0 Å². The second-order valence-electron chi connectivity index (χ2n) is 5.31. The van der Waals surface area contributed by atoms with E-state index in [1.807, 2.05) is 18.3 Å². The third-order valence-electron chi connectivity index (χ3n) is 3.79. The normalized spacial score (nSPS) is 15.5. The van der Waals surface area contributed by atoms with Gasteiger partial charge in [-0.25, -0.2) is 0 Å². The van der Waals surface area contributed by atoms with Gasteiger partial charge in [-0.15, -0.1) is 11.3 Å². The van der Waals surface area contributed by atoms with Gasteiger partial charge in [-0.1, -0.05) is 12.1 Å². The number of methoxy groups -OCH3 is 1. The van der Waals surface area contributed by atoms with Gasteiger partial charge in [0.05, 0.1) is 32.1 Å². The van der Waals surface area contributed by atoms with Crippen molar-refractivity contribution < 1.29 is 4.74 Å². The molecular formula is C17H21N3OS. The van der Waals surface area contributed by atoms with Gasteiger partial charge in [0.25, 0.3) is 0 Å². The molecule has 1 aliphatic rings. The maximum absolute atomic E-state index is 5.45. The van der Waals surface area contributed by atoms with Gasteiger partial charge in [0, 0.05) is 22.8 Å². The summed E-state index contributed by atoms with van der Waals surface area (Å²) in [5, 5.41) is 6.74. The first-order valence-electron chi connectivity index (χ1n) is 7.49. The van der Waals surface area contributed by atoms with Gasteiger partial charge < -0.3 is 9.64 Å². The van der Waals surface area contributed by atoms with Gasteiger partial charge in [0.2, 0.25) is 0 Å². The quantitative estimate of drug-likeness (QED) is 0.811. The number of hydrazone groups is 1. The Bertz CT molecular complexity index is 645. The Morgan fingerprint density at radius 1 is 1.09 bits per heavy atom. The highest BCUT2D eigenvalue weighted by Crippen LogP contribution is 2.28. The third kappa shape index (κ3) is 3.42. The Labute approximate surface area is 135 Å². The van der Waals surface area contributed by atoms with Crippen LogP contribution < -0.4 is 9.64 Å². The maximum Gasteiger partial charge on any atom is 0.142 e. The zero-order valence-electron chi connectivity index (χ0n) is 13.0. The minimum atomic E-state index is 0.929. The van der Waals surface area contributed by atoms with Crippen LogP contribution in [0.4, 0.5) is 5.69 Å². The fourth-order valence-corrected chi connectivity index (χ4v) is 3.35. The zero-order valence-corrected chi connectivity index (χ0v) is 13.8. The summed E-state index contributed by atoms with van der Waals surface area (Å²) < 4.78 is 5.45. The lowest BCUT2D eigenvalue weighted by molar-refractivity contribution is 0.271. The van der Waals surface area contributed by atoms with Crippen LogP contribution in [-0.2, 0) is 0 Å². The average Bonchev–Trinajstić information content (AvgIpc) is 2.99. The standard InChI is InChI=1S/C17H21N3OS/c1-14-7-8-15(22-14)13-18-20-11-9-19(10-12-20)16-5-3-4-6-17(16)21-2/h3-8,13H,9-12H2,1-2H3/b18-13+. The summed E-state index contributed by atoms with van der Waals surface area (Å²) in [4.78, 5) is 4.90. The lowest BCUT2D eigenvalue weighted by Gasteiger charge is -2.35. The van der Waals surface area contributed by atoms with E-state index in [0.29, 0.717) is 0 Å². The molecule has 1 fully saturated rings.